The van der Waals surface area contributed by atoms with Crippen LogP contribution in [0.25, 0.3) is 0 Å². The molecule has 2 aromatic rings. The van der Waals surface area contributed by atoms with Gasteiger partial charge in [-0.25, -0.2) is 0 Å². The van der Waals surface area contributed by atoms with Crippen LogP contribution in [-0.4, -0.2) is 32.1 Å². The Hall–Kier alpha value is -2.34. The van der Waals surface area contributed by atoms with Crippen LogP contribution < -0.4 is 10.2 Å². The molecule has 0 aliphatic carbocycles. The maximum absolute atomic E-state index is 12.0. The highest BCUT2D eigenvalue weighted by molar-refractivity contribution is 7.07. The van der Waals surface area contributed by atoms with E-state index < -0.39 is 5.97 Å². The van der Waals surface area contributed by atoms with Gasteiger partial charge in [0.1, 0.15) is 6.54 Å². The number of benzene rings is 1. The van der Waals surface area contributed by atoms with Crippen molar-refractivity contribution in [3.8, 4) is 0 Å². The molecule has 1 aromatic heterocycles. The van der Waals surface area contributed by atoms with Gasteiger partial charge < -0.3 is 15.0 Å². The van der Waals surface area contributed by atoms with Crippen molar-refractivity contribution in [1.82, 2.24) is 5.32 Å². The predicted molar refractivity (Wildman–Crippen MR) is 86.8 cm³/mol. The van der Waals surface area contributed by atoms with E-state index in [1.54, 1.807) is 11.3 Å². The summed E-state index contributed by atoms with van der Waals surface area (Å²) in [5.74, 6) is -0.679. The lowest BCUT2D eigenvalue weighted by Gasteiger charge is -2.23. The van der Waals surface area contributed by atoms with Crippen molar-refractivity contribution in [2.45, 2.75) is 6.54 Å². The first-order valence-corrected chi connectivity index (χ1v) is 7.78. The number of para-hydroxylation sites is 1. The number of hydrogen-bond donors (Lipinski definition) is 1. The highest BCUT2D eigenvalue weighted by atomic mass is 32.1. The number of nitrogens with one attached hydrogen (secondary N) is 1. The standard InChI is InChI=1S/C16H18N2O3S/c1-21-16(20)9-17-15(19)11-18(10-13-7-8-22-12-13)14-5-3-2-4-6-14/h2-8,12H,9-11H2,1H3,(H,17,19). The number of esters is 1. The molecular formula is C16H18N2O3S. The number of nitrogens with zero attached hydrogens (tertiary/aromatic N) is 1. The Bertz CT molecular complexity index is 599. The number of anilines is 1. The van der Waals surface area contributed by atoms with Crippen LogP contribution in [0, 0.1) is 0 Å². The Balaban J connectivity index is 2.01. The van der Waals surface area contributed by atoms with Gasteiger partial charge in [-0.3, -0.25) is 9.59 Å². The third kappa shape index (κ3) is 4.89. The molecule has 0 fully saturated rings. The summed E-state index contributed by atoms with van der Waals surface area (Å²) >= 11 is 1.62. The molecule has 6 heteroatoms. The second-order valence-electron chi connectivity index (χ2n) is 4.68. The molecule has 1 aromatic carbocycles. The van der Waals surface area contributed by atoms with Gasteiger partial charge in [-0.1, -0.05) is 18.2 Å². The lowest BCUT2D eigenvalue weighted by Crippen LogP contribution is -2.39. The molecule has 0 saturated heterocycles. The topological polar surface area (TPSA) is 58.6 Å². The number of carbonyl (C=O) groups excluding carboxylic acids is 2. The number of rotatable bonds is 7. The van der Waals surface area contributed by atoms with Crippen LogP contribution in [-0.2, 0) is 20.9 Å². The van der Waals surface area contributed by atoms with Crippen LogP contribution in [0.1, 0.15) is 5.56 Å². The van der Waals surface area contributed by atoms with Crippen LogP contribution in [0.3, 0.4) is 0 Å². The summed E-state index contributed by atoms with van der Waals surface area (Å²) in [6, 6.07) is 11.8. The number of amides is 1. The Morgan fingerprint density at radius 2 is 2.00 bits per heavy atom. The van der Waals surface area contributed by atoms with Crippen molar-refractivity contribution in [3.05, 3.63) is 52.7 Å². The number of hydrogen-bond acceptors (Lipinski definition) is 5. The molecular weight excluding hydrogens is 300 g/mol. The van der Waals surface area contributed by atoms with E-state index in [0.29, 0.717) is 6.54 Å². The quantitative estimate of drug-likeness (QED) is 0.794. The maximum atomic E-state index is 12.0. The molecule has 0 unspecified atom stereocenters. The van der Waals surface area contributed by atoms with Crippen LogP contribution in [0.15, 0.2) is 47.2 Å². The molecule has 116 valence electrons. The summed E-state index contributed by atoms with van der Waals surface area (Å²) in [7, 11) is 1.29. The van der Waals surface area contributed by atoms with Gasteiger partial charge in [-0.15, -0.1) is 0 Å². The second-order valence-corrected chi connectivity index (χ2v) is 5.46. The molecule has 1 heterocycles. The Labute approximate surface area is 133 Å². The Kier molecular flexibility index (Phi) is 5.97. The van der Waals surface area contributed by atoms with Crippen LogP contribution >= 0.6 is 11.3 Å². The number of ether oxygens (including phenoxy) is 1. The molecule has 1 amide bonds. The lowest BCUT2D eigenvalue weighted by atomic mass is 10.2. The van der Waals surface area contributed by atoms with Crippen LogP contribution in [0.4, 0.5) is 5.69 Å². The number of thiophene rings is 1. The third-order valence-corrected chi connectivity index (χ3v) is 3.80. The number of methoxy groups -OCH3 is 1. The van der Waals surface area contributed by atoms with Crippen molar-refractivity contribution in [3.63, 3.8) is 0 Å². The van der Waals surface area contributed by atoms with E-state index >= 15 is 0 Å². The molecule has 1 N–H and O–H groups in total. The van der Waals surface area contributed by atoms with Crippen molar-refractivity contribution < 1.29 is 14.3 Å². The van der Waals surface area contributed by atoms with Gasteiger partial charge in [0.25, 0.3) is 0 Å². The van der Waals surface area contributed by atoms with E-state index in [0.717, 1.165) is 11.3 Å². The first kappa shape index (κ1) is 16.0. The predicted octanol–water partition coefficient (Wildman–Crippen LogP) is 2.04. The lowest BCUT2D eigenvalue weighted by molar-refractivity contribution is -0.141. The van der Waals surface area contributed by atoms with E-state index in [4.69, 9.17) is 0 Å². The van der Waals surface area contributed by atoms with Gasteiger partial charge in [-0.2, -0.15) is 11.3 Å². The van der Waals surface area contributed by atoms with Crippen molar-refractivity contribution in [1.29, 1.82) is 0 Å². The minimum absolute atomic E-state index is 0.115. The van der Waals surface area contributed by atoms with E-state index in [9.17, 15) is 9.59 Å². The molecule has 0 bridgehead atoms. The Morgan fingerprint density at radius 1 is 1.23 bits per heavy atom. The van der Waals surface area contributed by atoms with Crippen molar-refractivity contribution in [2.24, 2.45) is 0 Å². The molecule has 0 aliphatic heterocycles. The molecule has 5 nitrogen and oxygen atoms in total. The van der Waals surface area contributed by atoms with E-state index in [1.165, 1.54) is 7.11 Å². The summed E-state index contributed by atoms with van der Waals surface area (Å²) in [4.78, 5) is 25.1. The summed E-state index contributed by atoms with van der Waals surface area (Å²) in [5, 5.41) is 6.63. The molecule has 0 saturated carbocycles. The van der Waals surface area contributed by atoms with Gasteiger partial charge >= 0.3 is 5.97 Å². The van der Waals surface area contributed by atoms with Gasteiger partial charge in [0.15, 0.2) is 0 Å². The zero-order valence-corrected chi connectivity index (χ0v) is 13.1. The first-order chi connectivity index (χ1) is 10.7. The summed E-state index contributed by atoms with van der Waals surface area (Å²) < 4.78 is 4.51. The van der Waals surface area contributed by atoms with Gasteiger partial charge in [-0.05, 0) is 34.5 Å². The SMILES string of the molecule is COC(=O)CNC(=O)CN(Cc1ccsc1)c1ccccc1. The Morgan fingerprint density at radius 3 is 2.64 bits per heavy atom. The van der Waals surface area contributed by atoms with Gasteiger partial charge in [0, 0.05) is 12.2 Å². The second kappa shape index (κ2) is 8.19. The summed E-state index contributed by atoms with van der Waals surface area (Å²) in [5.41, 5.74) is 2.11. The molecule has 0 aliphatic rings. The fourth-order valence-electron chi connectivity index (χ4n) is 1.95. The van der Waals surface area contributed by atoms with Crippen molar-refractivity contribution in [2.75, 3.05) is 25.1 Å². The largest absolute Gasteiger partial charge is 0.468 e. The highest BCUT2D eigenvalue weighted by Gasteiger charge is 2.13. The van der Waals surface area contributed by atoms with E-state index in [-0.39, 0.29) is 19.0 Å². The molecule has 0 radical (unpaired) electrons. The minimum atomic E-state index is -0.461. The fraction of sp³-hybridized carbons (Fsp3) is 0.250. The average Bonchev–Trinajstić information content (AvgIpc) is 3.06. The average molecular weight is 318 g/mol. The first-order valence-electron chi connectivity index (χ1n) is 6.83. The van der Waals surface area contributed by atoms with Crippen LogP contribution in [0.2, 0.25) is 0 Å². The highest BCUT2D eigenvalue weighted by Crippen LogP contribution is 2.17. The van der Waals surface area contributed by atoms with Gasteiger partial charge in [0.2, 0.25) is 5.91 Å². The van der Waals surface area contributed by atoms with E-state index in [1.807, 2.05) is 46.7 Å². The smallest absolute Gasteiger partial charge is 0.325 e. The zero-order chi connectivity index (χ0) is 15.8. The third-order valence-electron chi connectivity index (χ3n) is 3.07. The maximum Gasteiger partial charge on any atom is 0.325 e. The molecule has 0 spiro atoms. The summed E-state index contributed by atoms with van der Waals surface area (Å²) in [6.07, 6.45) is 0. The van der Waals surface area contributed by atoms with Crippen molar-refractivity contribution >= 4 is 28.9 Å². The fourth-order valence-corrected chi connectivity index (χ4v) is 2.61. The van der Waals surface area contributed by atoms with E-state index in [2.05, 4.69) is 15.4 Å². The molecule has 22 heavy (non-hydrogen) atoms. The normalized spacial score (nSPS) is 10.0. The monoisotopic (exact) mass is 318 g/mol. The molecule has 2 rings (SSSR count). The zero-order valence-electron chi connectivity index (χ0n) is 12.3. The van der Waals surface area contributed by atoms with Crippen LogP contribution in [0.5, 0.6) is 0 Å². The molecule has 0 atom stereocenters. The number of carbonyl (C=O) groups is 2. The summed E-state index contributed by atoms with van der Waals surface area (Å²) in [6.45, 7) is 0.701. The van der Waals surface area contributed by atoms with Gasteiger partial charge in [0.05, 0.1) is 13.7 Å². The minimum Gasteiger partial charge on any atom is -0.468 e.